The van der Waals surface area contributed by atoms with Crippen molar-refractivity contribution in [3.05, 3.63) is 42.2 Å². The zero-order valence-electron chi connectivity index (χ0n) is 11.0. The molecule has 0 aliphatic heterocycles. The van der Waals surface area contributed by atoms with E-state index < -0.39 is 5.82 Å². The standard InChI is InChI=1S/C13H12FN5S/c1-9-6-19(8-17-9)12-4-3-10(5-11(12)14)18-13(20-2)16-7-15/h3-6,8H,1-2H3,(H,16,18). The lowest BCUT2D eigenvalue weighted by Gasteiger charge is -2.05. The van der Waals surface area contributed by atoms with Crippen molar-refractivity contribution in [3.8, 4) is 11.9 Å². The third kappa shape index (κ3) is 3.16. The third-order valence-electron chi connectivity index (χ3n) is 2.51. The van der Waals surface area contributed by atoms with Gasteiger partial charge in [0, 0.05) is 12.3 Å². The second kappa shape index (κ2) is 6.21. The van der Waals surface area contributed by atoms with Gasteiger partial charge in [-0.15, -0.1) is 0 Å². The maximum absolute atomic E-state index is 14.1. The molecule has 20 heavy (non-hydrogen) atoms. The van der Waals surface area contributed by atoms with E-state index in [9.17, 15) is 4.39 Å². The van der Waals surface area contributed by atoms with Gasteiger partial charge in [-0.3, -0.25) is 5.32 Å². The number of thioether (sulfide) groups is 1. The van der Waals surface area contributed by atoms with Gasteiger partial charge >= 0.3 is 0 Å². The molecule has 1 heterocycles. The number of imidazole rings is 1. The van der Waals surface area contributed by atoms with Gasteiger partial charge in [-0.05, 0) is 25.3 Å². The molecule has 0 saturated heterocycles. The maximum atomic E-state index is 14.1. The van der Waals surface area contributed by atoms with Crippen LogP contribution >= 0.6 is 11.8 Å². The quantitative estimate of drug-likeness (QED) is 0.399. The van der Waals surface area contributed by atoms with Crippen molar-refractivity contribution in [2.45, 2.75) is 6.92 Å². The summed E-state index contributed by atoms with van der Waals surface area (Å²) in [5, 5.41) is 11.4. The average molecular weight is 289 g/mol. The van der Waals surface area contributed by atoms with Crippen LogP contribution in [-0.4, -0.2) is 21.0 Å². The van der Waals surface area contributed by atoms with Gasteiger partial charge in [0.25, 0.3) is 0 Å². The Morgan fingerprint density at radius 1 is 1.55 bits per heavy atom. The van der Waals surface area contributed by atoms with Gasteiger partial charge in [-0.2, -0.15) is 5.26 Å². The predicted molar refractivity (Wildman–Crippen MR) is 77.6 cm³/mol. The van der Waals surface area contributed by atoms with E-state index in [1.54, 1.807) is 41.7 Å². The number of hydrogen-bond donors (Lipinski definition) is 1. The molecule has 0 aliphatic carbocycles. The van der Waals surface area contributed by atoms with E-state index in [0.717, 1.165) is 5.69 Å². The van der Waals surface area contributed by atoms with Gasteiger partial charge in [-0.25, -0.2) is 14.4 Å². The van der Waals surface area contributed by atoms with Crippen LogP contribution in [-0.2, 0) is 0 Å². The molecule has 5 nitrogen and oxygen atoms in total. The highest BCUT2D eigenvalue weighted by atomic mass is 32.2. The van der Waals surface area contributed by atoms with Gasteiger partial charge in [0.05, 0.1) is 23.4 Å². The second-order valence-electron chi connectivity index (χ2n) is 3.92. The molecule has 0 bridgehead atoms. The first kappa shape index (κ1) is 14.1. The first-order valence-corrected chi connectivity index (χ1v) is 6.95. The van der Waals surface area contributed by atoms with Crippen LogP contribution in [0.1, 0.15) is 5.69 Å². The number of halogens is 1. The fourth-order valence-electron chi connectivity index (χ4n) is 1.62. The van der Waals surface area contributed by atoms with Gasteiger partial charge < -0.3 is 4.57 Å². The lowest BCUT2D eigenvalue weighted by Crippen LogP contribution is -2.12. The summed E-state index contributed by atoms with van der Waals surface area (Å²) in [5.74, 6) is -0.402. The molecule has 0 amide bonds. The highest BCUT2D eigenvalue weighted by Crippen LogP contribution is 2.21. The topological polar surface area (TPSA) is 66.0 Å². The lowest BCUT2D eigenvalue weighted by molar-refractivity contribution is 0.618. The Balaban J connectivity index is 2.33. The fourth-order valence-corrected chi connectivity index (χ4v) is 1.96. The molecule has 0 atom stereocenters. The van der Waals surface area contributed by atoms with E-state index in [1.165, 1.54) is 17.8 Å². The van der Waals surface area contributed by atoms with Crippen molar-refractivity contribution in [2.24, 2.45) is 4.99 Å². The van der Waals surface area contributed by atoms with Crippen molar-refractivity contribution < 1.29 is 4.39 Å². The number of aryl methyl sites for hydroxylation is 1. The zero-order chi connectivity index (χ0) is 14.5. The van der Waals surface area contributed by atoms with Crippen molar-refractivity contribution in [2.75, 3.05) is 6.26 Å². The van der Waals surface area contributed by atoms with Crippen LogP contribution in [0.4, 0.5) is 10.1 Å². The molecule has 102 valence electrons. The molecular weight excluding hydrogens is 277 g/mol. The van der Waals surface area contributed by atoms with Crippen LogP contribution in [0.25, 0.3) is 5.69 Å². The molecule has 1 aromatic heterocycles. The monoisotopic (exact) mass is 289 g/mol. The van der Waals surface area contributed by atoms with Crippen LogP contribution < -0.4 is 5.32 Å². The van der Waals surface area contributed by atoms with Crippen LogP contribution in [0.5, 0.6) is 0 Å². The van der Waals surface area contributed by atoms with Gasteiger partial charge in [0.1, 0.15) is 5.82 Å². The Kier molecular flexibility index (Phi) is 4.38. The smallest absolute Gasteiger partial charge is 0.183 e. The summed E-state index contributed by atoms with van der Waals surface area (Å²) in [7, 11) is 0. The minimum Gasteiger partial charge on any atom is -0.303 e. The summed E-state index contributed by atoms with van der Waals surface area (Å²) in [6.07, 6.45) is 6.86. The predicted octanol–water partition coefficient (Wildman–Crippen LogP) is 2.74. The summed E-state index contributed by atoms with van der Waals surface area (Å²) in [4.78, 5) is 8.21. The molecule has 7 heteroatoms. The normalized spacial score (nSPS) is 11.2. The molecule has 0 spiro atoms. The number of hydrogen-bond acceptors (Lipinski definition) is 4. The van der Waals surface area contributed by atoms with Crippen LogP contribution in [0.15, 0.2) is 35.7 Å². The number of nitrogens with one attached hydrogen (secondary N) is 1. The molecule has 0 radical (unpaired) electrons. The summed E-state index contributed by atoms with van der Waals surface area (Å²) in [6, 6.07) is 4.63. The molecule has 1 N–H and O–H groups in total. The van der Waals surface area contributed by atoms with Crippen molar-refractivity contribution in [3.63, 3.8) is 0 Å². The van der Waals surface area contributed by atoms with Crippen LogP contribution in [0, 0.1) is 24.2 Å². The van der Waals surface area contributed by atoms with Gasteiger partial charge in [-0.1, -0.05) is 11.8 Å². The Labute approximate surface area is 120 Å². The maximum Gasteiger partial charge on any atom is 0.183 e. The summed E-state index contributed by atoms with van der Waals surface area (Å²) >= 11 is 1.28. The van der Waals surface area contributed by atoms with Crippen molar-refractivity contribution >= 4 is 22.6 Å². The highest BCUT2D eigenvalue weighted by molar-refractivity contribution is 8.13. The van der Waals surface area contributed by atoms with E-state index in [2.05, 4.69) is 15.3 Å². The summed E-state index contributed by atoms with van der Waals surface area (Å²) in [6.45, 7) is 1.84. The Morgan fingerprint density at radius 2 is 2.35 bits per heavy atom. The Bertz CT molecular complexity index is 686. The molecule has 0 unspecified atom stereocenters. The Morgan fingerprint density at radius 3 is 2.90 bits per heavy atom. The number of aromatic nitrogens is 2. The Hall–Kier alpha value is -2.33. The number of benzene rings is 1. The highest BCUT2D eigenvalue weighted by Gasteiger charge is 2.06. The SMILES string of the molecule is CSC(=Nc1ccc(-n2cnc(C)c2)c(F)c1)NC#N. The van der Waals surface area contributed by atoms with E-state index in [-0.39, 0.29) is 0 Å². The number of nitrogens with zero attached hydrogens (tertiary/aromatic N) is 4. The number of rotatable bonds is 2. The molecule has 0 aliphatic rings. The number of aliphatic imine (C=N–C) groups is 1. The van der Waals surface area contributed by atoms with E-state index in [1.807, 2.05) is 6.92 Å². The average Bonchev–Trinajstić information content (AvgIpc) is 2.85. The fraction of sp³-hybridized carbons (Fsp3) is 0.154. The van der Waals surface area contributed by atoms with Crippen LogP contribution in [0.2, 0.25) is 0 Å². The zero-order valence-corrected chi connectivity index (χ0v) is 11.8. The molecular formula is C13H12FN5S. The number of amidine groups is 1. The molecule has 1 aromatic carbocycles. The minimum atomic E-state index is -0.402. The van der Waals surface area contributed by atoms with E-state index in [0.29, 0.717) is 16.5 Å². The van der Waals surface area contributed by atoms with E-state index >= 15 is 0 Å². The third-order valence-corrected chi connectivity index (χ3v) is 3.09. The van der Waals surface area contributed by atoms with E-state index in [4.69, 9.17) is 5.26 Å². The molecule has 0 fully saturated rings. The summed E-state index contributed by atoms with van der Waals surface area (Å²) < 4.78 is 15.7. The molecule has 2 rings (SSSR count). The first-order valence-electron chi connectivity index (χ1n) is 5.72. The van der Waals surface area contributed by atoms with Gasteiger partial charge in [0.15, 0.2) is 11.4 Å². The van der Waals surface area contributed by atoms with Crippen molar-refractivity contribution in [1.29, 1.82) is 5.26 Å². The summed E-state index contributed by atoms with van der Waals surface area (Å²) in [5.41, 5.74) is 1.66. The number of nitriles is 1. The minimum absolute atomic E-state index is 0.402. The first-order chi connectivity index (χ1) is 9.63. The largest absolute Gasteiger partial charge is 0.303 e. The second-order valence-corrected chi connectivity index (χ2v) is 4.71. The van der Waals surface area contributed by atoms with Crippen LogP contribution in [0.3, 0.4) is 0 Å². The molecule has 2 aromatic rings. The van der Waals surface area contributed by atoms with Crippen molar-refractivity contribution in [1.82, 2.24) is 14.9 Å². The van der Waals surface area contributed by atoms with Gasteiger partial charge in [0.2, 0.25) is 0 Å². The lowest BCUT2D eigenvalue weighted by atomic mass is 10.2. The molecule has 0 saturated carbocycles.